The third-order valence-electron chi connectivity index (χ3n) is 4.66. The van der Waals surface area contributed by atoms with E-state index in [0.717, 1.165) is 21.2 Å². The Labute approximate surface area is 176 Å². The summed E-state index contributed by atoms with van der Waals surface area (Å²) in [5.74, 6) is 0.162. The Bertz CT molecular complexity index is 1320. The Balaban J connectivity index is 1.56. The molecule has 1 amide bonds. The van der Waals surface area contributed by atoms with Gasteiger partial charge < -0.3 is 10.1 Å². The number of ether oxygens (including phenoxy) is 1. The van der Waals surface area contributed by atoms with Gasteiger partial charge in [-0.05, 0) is 78.9 Å². The van der Waals surface area contributed by atoms with Gasteiger partial charge in [0, 0.05) is 16.6 Å². The van der Waals surface area contributed by atoms with Gasteiger partial charge in [-0.3, -0.25) is 4.79 Å². The lowest BCUT2D eigenvalue weighted by molar-refractivity contribution is 0.103. The number of thiophene rings is 1. The first-order chi connectivity index (χ1) is 14.5. The first kappa shape index (κ1) is 19.6. The van der Waals surface area contributed by atoms with E-state index in [9.17, 15) is 9.18 Å². The maximum atomic E-state index is 13.5. The van der Waals surface area contributed by atoms with E-state index in [1.807, 2.05) is 19.9 Å². The van der Waals surface area contributed by atoms with Crippen molar-refractivity contribution in [2.45, 2.75) is 13.8 Å². The largest absolute Gasteiger partial charge is 0.438 e. The minimum absolute atomic E-state index is 0.226. The molecule has 2 aromatic carbocycles. The van der Waals surface area contributed by atoms with Crippen molar-refractivity contribution in [3.8, 4) is 17.7 Å². The molecular weight excluding hydrogens is 401 g/mol. The van der Waals surface area contributed by atoms with Crippen LogP contribution in [0.5, 0.6) is 11.6 Å². The van der Waals surface area contributed by atoms with Gasteiger partial charge in [-0.25, -0.2) is 9.37 Å². The number of nitrogens with one attached hydrogen (secondary N) is 1. The molecule has 148 valence electrons. The Kier molecular flexibility index (Phi) is 5.17. The minimum atomic E-state index is -0.325. The maximum Gasteiger partial charge on any atom is 0.266 e. The highest BCUT2D eigenvalue weighted by Gasteiger charge is 2.17. The lowest BCUT2D eigenvalue weighted by Crippen LogP contribution is -2.12. The van der Waals surface area contributed by atoms with Crippen LogP contribution in [0.4, 0.5) is 10.1 Å². The molecule has 30 heavy (non-hydrogen) atoms. The highest BCUT2D eigenvalue weighted by molar-refractivity contribution is 7.21. The molecule has 0 atom stereocenters. The van der Waals surface area contributed by atoms with Crippen molar-refractivity contribution in [2.24, 2.45) is 0 Å². The van der Waals surface area contributed by atoms with Gasteiger partial charge in [0.1, 0.15) is 23.2 Å². The molecule has 0 aliphatic carbocycles. The number of pyridine rings is 1. The highest BCUT2D eigenvalue weighted by Crippen LogP contribution is 2.33. The first-order valence-electron chi connectivity index (χ1n) is 9.10. The number of rotatable bonds is 4. The van der Waals surface area contributed by atoms with Crippen LogP contribution in [0.15, 0.2) is 54.7 Å². The predicted molar refractivity (Wildman–Crippen MR) is 115 cm³/mol. The van der Waals surface area contributed by atoms with E-state index in [2.05, 4.69) is 10.3 Å². The Morgan fingerprint density at radius 2 is 2.03 bits per heavy atom. The number of benzene rings is 2. The summed E-state index contributed by atoms with van der Waals surface area (Å²) in [6.07, 6.45) is 1.55. The lowest BCUT2D eigenvalue weighted by Gasteiger charge is -2.11. The fraction of sp³-hybridized carbons (Fsp3) is 0.0870. The van der Waals surface area contributed by atoms with Gasteiger partial charge >= 0.3 is 0 Å². The number of nitriles is 1. The van der Waals surface area contributed by atoms with Crippen LogP contribution in [0, 0.1) is 31.0 Å². The third-order valence-corrected chi connectivity index (χ3v) is 5.93. The molecule has 0 unspecified atom stereocenters. The molecule has 7 heteroatoms. The van der Waals surface area contributed by atoms with Crippen LogP contribution in [0.2, 0.25) is 0 Å². The molecule has 2 aromatic heterocycles. The van der Waals surface area contributed by atoms with E-state index in [1.54, 1.807) is 42.6 Å². The SMILES string of the molecule is Cc1cc(Oc2ncccc2C#N)ccc1NC(=O)c1sc2ccc(F)cc2c1C. The van der Waals surface area contributed by atoms with Crippen molar-refractivity contribution >= 4 is 33.0 Å². The number of hydrogen-bond donors (Lipinski definition) is 1. The Hall–Kier alpha value is -3.76. The van der Waals surface area contributed by atoms with Gasteiger partial charge in [0.2, 0.25) is 5.88 Å². The zero-order valence-electron chi connectivity index (χ0n) is 16.2. The second-order valence-corrected chi connectivity index (χ2v) is 7.75. The molecule has 1 N–H and O–H groups in total. The fourth-order valence-electron chi connectivity index (χ4n) is 3.10. The molecule has 0 saturated carbocycles. The zero-order valence-corrected chi connectivity index (χ0v) is 17.0. The second-order valence-electron chi connectivity index (χ2n) is 6.70. The number of fused-ring (bicyclic) bond motifs is 1. The van der Waals surface area contributed by atoms with E-state index < -0.39 is 0 Å². The van der Waals surface area contributed by atoms with Crippen LogP contribution in [-0.4, -0.2) is 10.9 Å². The van der Waals surface area contributed by atoms with E-state index in [4.69, 9.17) is 10.00 Å². The van der Waals surface area contributed by atoms with Crippen molar-refractivity contribution in [3.05, 3.63) is 82.1 Å². The average Bonchev–Trinajstić information content (AvgIpc) is 3.06. The molecule has 0 aliphatic rings. The summed E-state index contributed by atoms with van der Waals surface area (Å²) in [7, 11) is 0. The van der Waals surface area contributed by atoms with Gasteiger partial charge in [0.15, 0.2) is 0 Å². The number of aromatic nitrogens is 1. The molecule has 0 fully saturated rings. The van der Waals surface area contributed by atoms with E-state index >= 15 is 0 Å². The number of carbonyl (C=O) groups is 1. The van der Waals surface area contributed by atoms with Gasteiger partial charge in [-0.2, -0.15) is 5.26 Å². The Morgan fingerprint density at radius 3 is 2.80 bits per heavy atom. The summed E-state index contributed by atoms with van der Waals surface area (Å²) < 4.78 is 20.1. The van der Waals surface area contributed by atoms with Crippen LogP contribution in [0.25, 0.3) is 10.1 Å². The van der Waals surface area contributed by atoms with Crippen molar-refractivity contribution in [1.29, 1.82) is 5.26 Å². The molecule has 0 spiro atoms. The topological polar surface area (TPSA) is 75.0 Å². The van der Waals surface area contributed by atoms with E-state index in [1.165, 1.54) is 23.5 Å². The number of hydrogen-bond acceptors (Lipinski definition) is 5. The van der Waals surface area contributed by atoms with Crippen LogP contribution in [0.1, 0.15) is 26.4 Å². The molecule has 4 aromatic rings. The molecule has 0 saturated heterocycles. The van der Waals surface area contributed by atoms with Crippen molar-refractivity contribution in [1.82, 2.24) is 4.98 Å². The molecule has 0 aliphatic heterocycles. The van der Waals surface area contributed by atoms with Gasteiger partial charge in [-0.1, -0.05) is 0 Å². The van der Waals surface area contributed by atoms with Crippen LogP contribution in [-0.2, 0) is 0 Å². The Morgan fingerprint density at radius 1 is 1.20 bits per heavy atom. The number of anilines is 1. The minimum Gasteiger partial charge on any atom is -0.438 e. The summed E-state index contributed by atoms with van der Waals surface area (Å²) in [6, 6.07) is 15.1. The van der Waals surface area contributed by atoms with Crippen LogP contribution >= 0.6 is 11.3 Å². The molecule has 0 radical (unpaired) electrons. The molecular formula is C23H16FN3O2S. The number of nitrogens with zero attached hydrogens (tertiary/aromatic N) is 2. The quantitative estimate of drug-likeness (QED) is 0.444. The van der Waals surface area contributed by atoms with E-state index in [0.29, 0.717) is 21.9 Å². The third kappa shape index (κ3) is 3.73. The normalized spacial score (nSPS) is 10.6. The van der Waals surface area contributed by atoms with Crippen LogP contribution < -0.4 is 10.1 Å². The predicted octanol–water partition coefficient (Wildman–Crippen LogP) is 5.97. The molecule has 4 rings (SSSR count). The summed E-state index contributed by atoms with van der Waals surface area (Å²) >= 11 is 1.33. The zero-order chi connectivity index (χ0) is 21.3. The lowest BCUT2D eigenvalue weighted by atomic mass is 10.1. The standard InChI is InChI=1S/C23H16FN3O2S/c1-13-10-17(29-23-15(12-25)4-3-9-26-23)6-7-19(13)27-22(28)21-14(2)18-11-16(24)5-8-20(18)30-21/h3-11H,1-2H3,(H,27,28). The summed E-state index contributed by atoms with van der Waals surface area (Å²) in [5, 5.41) is 12.8. The first-order valence-corrected chi connectivity index (χ1v) is 9.91. The molecule has 5 nitrogen and oxygen atoms in total. The number of halogens is 1. The fourth-order valence-corrected chi connectivity index (χ4v) is 4.18. The van der Waals surface area contributed by atoms with Crippen molar-refractivity contribution in [3.63, 3.8) is 0 Å². The number of amides is 1. The number of carbonyl (C=O) groups excluding carboxylic acids is 1. The van der Waals surface area contributed by atoms with Gasteiger partial charge in [-0.15, -0.1) is 11.3 Å². The number of aryl methyl sites for hydroxylation is 2. The summed E-state index contributed by atoms with van der Waals surface area (Å²) in [4.78, 5) is 17.5. The van der Waals surface area contributed by atoms with Crippen LogP contribution in [0.3, 0.4) is 0 Å². The molecule has 0 bridgehead atoms. The maximum absolute atomic E-state index is 13.5. The second kappa shape index (κ2) is 7.93. The van der Waals surface area contributed by atoms with Crippen molar-refractivity contribution < 1.29 is 13.9 Å². The van der Waals surface area contributed by atoms with Crippen molar-refractivity contribution in [2.75, 3.05) is 5.32 Å². The smallest absolute Gasteiger partial charge is 0.266 e. The van der Waals surface area contributed by atoms with Gasteiger partial charge in [0.05, 0.1) is 4.88 Å². The summed E-state index contributed by atoms with van der Waals surface area (Å²) in [6.45, 7) is 3.66. The average molecular weight is 417 g/mol. The summed E-state index contributed by atoms with van der Waals surface area (Å²) in [5.41, 5.74) is 2.52. The molecule has 2 heterocycles. The highest BCUT2D eigenvalue weighted by atomic mass is 32.1. The van der Waals surface area contributed by atoms with E-state index in [-0.39, 0.29) is 17.6 Å². The van der Waals surface area contributed by atoms with Gasteiger partial charge in [0.25, 0.3) is 5.91 Å². The monoisotopic (exact) mass is 417 g/mol.